The lowest BCUT2D eigenvalue weighted by molar-refractivity contribution is 0.0585. The maximum Gasteiger partial charge on any atom is 0.317 e. The summed E-state index contributed by atoms with van der Waals surface area (Å²) in [6.45, 7) is 2.01. The lowest BCUT2D eigenvalue weighted by Gasteiger charge is -2.32. The average molecular weight is 293 g/mol. The number of urea groups is 1. The van der Waals surface area contributed by atoms with Crippen LogP contribution in [-0.4, -0.2) is 52.2 Å². The molecule has 1 aliphatic heterocycles. The molecule has 7 nitrogen and oxygen atoms in total. The van der Waals surface area contributed by atoms with E-state index in [9.17, 15) is 4.79 Å². The summed E-state index contributed by atoms with van der Waals surface area (Å²) in [6.07, 6.45) is 6.58. The van der Waals surface area contributed by atoms with Gasteiger partial charge in [0.2, 0.25) is 0 Å². The summed E-state index contributed by atoms with van der Waals surface area (Å²) >= 11 is 0. The Morgan fingerprint density at radius 2 is 2.48 bits per heavy atom. The van der Waals surface area contributed by atoms with Crippen molar-refractivity contribution in [2.45, 2.75) is 38.3 Å². The first kappa shape index (κ1) is 14.3. The van der Waals surface area contributed by atoms with Crippen LogP contribution >= 0.6 is 0 Å². The van der Waals surface area contributed by atoms with Crippen LogP contribution < -0.4 is 5.32 Å². The molecule has 1 aliphatic carbocycles. The van der Waals surface area contributed by atoms with Crippen molar-refractivity contribution in [3.63, 3.8) is 0 Å². The van der Waals surface area contributed by atoms with Gasteiger partial charge in [0.1, 0.15) is 5.69 Å². The standard InChI is InChI=1S/C14H23N5O2/c1-18(10-14-5-3-4-12(14)21-7-6-14)13(20)15-8-11-9-16-19(2)17-11/h9,12H,3-8,10H2,1-2H3,(H,15,20)/t12-,14-/m1/s1. The van der Waals surface area contributed by atoms with Crippen LogP contribution in [0.25, 0.3) is 0 Å². The molecule has 7 heteroatoms. The maximum atomic E-state index is 12.2. The van der Waals surface area contributed by atoms with E-state index in [0.717, 1.165) is 31.7 Å². The fourth-order valence-corrected chi connectivity index (χ4v) is 3.63. The highest BCUT2D eigenvalue weighted by Gasteiger charge is 2.48. The predicted octanol–water partition coefficient (Wildman–Crippen LogP) is 0.916. The van der Waals surface area contributed by atoms with E-state index < -0.39 is 0 Å². The van der Waals surface area contributed by atoms with E-state index in [4.69, 9.17) is 4.74 Å². The third-order valence-corrected chi connectivity index (χ3v) is 4.71. The van der Waals surface area contributed by atoms with Crippen LogP contribution in [0.3, 0.4) is 0 Å². The Bertz CT molecular complexity index is 505. The number of hydrogen-bond donors (Lipinski definition) is 1. The summed E-state index contributed by atoms with van der Waals surface area (Å²) in [4.78, 5) is 15.5. The van der Waals surface area contributed by atoms with Crippen molar-refractivity contribution in [2.75, 3.05) is 20.2 Å². The second-order valence-corrected chi connectivity index (χ2v) is 6.20. The summed E-state index contributed by atoms with van der Waals surface area (Å²) in [5.41, 5.74) is 0.943. The molecule has 1 aromatic rings. The van der Waals surface area contributed by atoms with Gasteiger partial charge in [0.05, 0.1) is 18.8 Å². The molecule has 1 saturated carbocycles. The van der Waals surface area contributed by atoms with Gasteiger partial charge in [0.15, 0.2) is 0 Å². The summed E-state index contributed by atoms with van der Waals surface area (Å²) < 4.78 is 5.81. The van der Waals surface area contributed by atoms with E-state index in [1.807, 2.05) is 7.05 Å². The zero-order chi connectivity index (χ0) is 14.9. The lowest BCUT2D eigenvalue weighted by atomic mass is 9.82. The number of carbonyl (C=O) groups excluding carboxylic acids is 1. The van der Waals surface area contributed by atoms with Crippen LogP contribution in [0.4, 0.5) is 4.79 Å². The molecule has 1 N–H and O–H groups in total. The van der Waals surface area contributed by atoms with Crippen LogP contribution in [0.1, 0.15) is 31.4 Å². The SMILES string of the molecule is CN(C[C@]12CCC[C@H]1OCC2)C(=O)NCc1cnn(C)n1. The molecule has 21 heavy (non-hydrogen) atoms. The number of ether oxygens (including phenoxy) is 1. The highest BCUT2D eigenvalue weighted by Crippen LogP contribution is 2.47. The van der Waals surface area contributed by atoms with Crippen LogP contribution in [-0.2, 0) is 18.3 Å². The summed E-state index contributed by atoms with van der Waals surface area (Å²) in [7, 11) is 3.62. The molecule has 2 heterocycles. The van der Waals surface area contributed by atoms with Gasteiger partial charge in [-0.3, -0.25) is 0 Å². The van der Waals surface area contributed by atoms with Crippen LogP contribution in [0.5, 0.6) is 0 Å². The second kappa shape index (κ2) is 5.63. The summed E-state index contributed by atoms with van der Waals surface area (Å²) in [6, 6.07) is -0.0624. The minimum Gasteiger partial charge on any atom is -0.378 e. The van der Waals surface area contributed by atoms with Crippen molar-refractivity contribution in [1.82, 2.24) is 25.2 Å². The fraction of sp³-hybridized carbons (Fsp3) is 0.786. The Labute approximate surface area is 124 Å². The van der Waals surface area contributed by atoms with Crippen molar-refractivity contribution in [3.8, 4) is 0 Å². The number of nitrogens with zero attached hydrogens (tertiary/aromatic N) is 4. The number of aryl methyl sites for hydroxylation is 1. The zero-order valence-electron chi connectivity index (χ0n) is 12.7. The first-order valence-corrected chi connectivity index (χ1v) is 7.55. The van der Waals surface area contributed by atoms with Gasteiger partial charge in [-0.1, -0.05) is 6.42 Å². The monoisotopic (exact) mass is 293 g/mol. The third-order valence-electron chi connectivity index (χ3n) is 4.71. The van der Waals surface area contributed by atoms with Gasteiger partial charge in [-0.2, -0.15) is 15.0 Å². The fourth-order valence-electron chi connectivity index (χ4n) is 3.63. The van der Waals surface area contributed by atoms with E-state index in [0.29, 0.717) is 12.6 Å². The molecule has 0 radical (unpaired) electrons. The van der Waals surface area contributed by atoms with Gasteiger partial charge < -0.3 is 15.0 Å². The molecule has 0 aromatic carbocycles. The molecular formula is C14H23N5O2. The number of nitrogens with one attached hydrogen (secondary N) is 1. The number of hydrogen-bond acceptors (Lipinski definition) is 4. The number of rotatable bonds is 4. The number of fused-ring (bicyclic) bond motifs is 1. The molecule has 1 aromatic heterocycles. The molecule has 0 bridgehead atoms. The second-order valence-electron chi connectivity index (χ2n) is 6.20. The van der Waals surface area contributed by atoms with E-state index >= 15 is 0 Å². The largest absolute Gasteiger partial charge is 0.378 e. The average Bonchev–Trinajstić information content (AvgIpc) is 3.11. The molecule has 2 aliphatic rings. The van der Waals surface area contributed by atoms with Gasteiger partial charge in [-0.05, 0) is 19.3 Å². The van der Waals surface area contributed by atoms with E-state index in [1.165, 1.54) is 17.6 Å². The summed E-state index contributed by atoms with van der Waals surface area (Å²) in [5.74, 6) is 0. The quantitative estimate of drug-likeness (QED) is 0.896. The first-order chi connectivity index (χ1) is 10.1. The van der Waals surface area contributed by atoms with E-state index in [-0.39, 0.29) is 11.4 Å². The van der Waals surface area contributed by atoms with Crippen molar-refractivity contribution in [2.24, 2.45) is 12.5 Å². The molecule has 2 atom stereocenters. The molecular weight excluding hydrogens is 270 g/mol. The van der Waals surface area contributed by atoms with Gasteiger partial charge >= 0.3 is 6.03 Å². The number of carbonyl (C=O) groups is 1. The summed E-state index contributed by atoms with van der Waals surface area (Å²) in [5, 5.41) is 11.0. The normalized spacial score (nSPS) is 27.6. The Hall–Kier alpha value is -1.63. The topological polar surface area (TPSA) is 72.3 Å². The van der Waals surface area contributed by atoms with Crippen LogP contribution in [0.15, 0.2) is 6.20 Å². The molecule has 2 amide bonds. The van der Waals surface area contributed by atoms with Gasteiger partial charge in [0.25, 0.3) is 0 Å². The van der Waals surface area contributed by atoms with Crippen molar-refractivity contribution < 1.29 is 9.53 Å². The highest BCUT2D eigenvalue weighted by atomic mass is 16.5. The van der Waals surface area contributed by atoms with Crippen LogP contribution in [0.2, 0.25) is 0 Å². The Kier molecular flexibility index (Phi) is 3.84. The van der Waals surface area contributed by atoms with Crippen molar-refractivity contribution >= 4 is 6.03 Å². The van der Waals surface area contributed by atoms with Crippen molar-refractivity contribution in [3.05, 3.63) is 11.9 Å². The maximum absolute atomic E-state index is 12.2. The number of amides is 2. The minimum absolute atomic E-state index is 0.0624. The van der Waals surface area contributed by atoms with Gasteiger partial charge in [-0.25, -0.2) is 4.79 Å². The molecule has 116 valence electrons. The van der Waals surface area contributed by atoms with Gasteiger partial charge in [-0.15, -0.1) is 0 Å². The highest BCUT2D eigenvalue weighted by molar-refractivity contribution is 5.73. The Morgan fingerprint density at radius 1 is 1.62 bits per heavy atom. The van der Waals surface area contributed by atoms with Gasteiger partial charge in [0, 0.05) is 32.7 Å². The molecule has 2 fully saturated rings. The molecule has 0 unspecified atom stereocenters. The van der Waals surface area contributed by atoms with E-state index in [2.05, 4.69) is 15.5 Å². The van der Waals surface area contributed by atoms with Crippen LogP contribution in [0, 0.1) is 5.41 Å². The smallest absolute Gasteiger partial charge is 0.317 e. The first-order valence-electron chi connectivity index (χ1n) is 7.55. The molecule has 1 saturated heterocycles. The van der Waals surface area contributed by atoms with E-state index in [1.54, 1.807) is 18.1 Å². The Balaban J connectivity index is 1.52. The molecule has 0 spiro atoms. The third kappa shape index (κ3) is 2.88. The minimum atomic E-state index is -0.0624. The van der Waals surface area contributed by atoms with Crippen molar-refractivity contribution in [1.29, 1.82) is 0 Å². The lowest BCUT2D eigenvalue weighted by Crippen LogP contribution is -2.45. The molecule has 3 rings (SSSR count). The predicted molar refractivity (Wildman–Crippen MR) is 76.5 cm³/mol. The Morgan fingerprint density at radius 3 is 3.24 bits per heavy atom. The zero-order valence-corrected chi connectivity index (χ0v) is 12.7. The number of aromatic nitrogens is 3.